The van der Waals surface area contributed by atoms with Crippen LogP contribution in [0.25, 0.3) is 0 Å². The fourth-order valence-electron chi connectivity index (χ4n) is 1.67. The molecule has 0 amide bonds. The normalized spacial score (nSPS) is 15.0. The summed E-state index contributed by atoms with van der Waals surface area (Å²) >= 11 is 0. The van der Waals surface area contributed by atoms with E-state index < -0.39 is 13.9 Å². The van der Waals surface area contributed by atoms with Crippen LogP contribution in [0.2, 0.25) is 18.1 Å². The third-order valence-corrected chi connectivity index (χ3v) is 8.78. The molecule has 0 saturated carbocycles. The zero-order chi connectivity index (χ0) is 16.9. The molecule has 5 nitrogen and oxygen atoms in total. The molecule has 0 N–H and O–H groups in total. The molecule has 0 heterocycles. The number of rotatable bonds is 8. The molecule has 21 heavy (non-hydrogen) atoms. The molecule has 0 aliphatic rings. The molecule has 0 aliphatic carbocycles. The fraction of sp³-hybridized carbons (Fsp3) is 0.933. The van der Waals surface area contributed by atoms with Gasteiger partial charge in [-0.3, -0.25) is 0 Å². The number of isocyanates is 1. The van der Waals surface area contributed by atoms with Gasteiger partial charge in [0.25, 0.3) is 0 Å². The minimum absolute atomic E-state index is 0.0713. The summed E-state index contributed by atoms with van der Waals surface area (Å²) in [5.41, 5.74) is -0.674. The first-order valence-corrected chi connectivity index (χ1v) is 10.1. The maximum atomic E-state index is 10.7. The first kappa shape index (κ1) is 20.5. The van der Waals surface area contributed by atoms with E-state index in [9.17, 15) is 4.79 Å². The standard InChI is InChI=1S/C15H31NO4Si/c1-14(2,3)21(8,9)20-12(10-13(18-6)19-7)15(4,5)16-11-17/h12-13H,10H2,1-9H3/t12-/m0/s1. The fourth-order valence-corrected chi connectivity index (χ4v) is 3.12. The summed E-state index contributed by atoms with van der Waals surface area (Å²) in [7, 11) is 1.18. The van der Waals surface area contributed by atoms with Crippen molar-refractivity contribution in [2.24, 2.45) is 4.99 Å². The molecule has 0 spiro atoms. The van der Waals surface area contributed by atoms with Crippen LogP contribution in [-0.2, 0) is 18.7 Å². The van der Waals surface area contributed by atoms with Crippen molar-refractivity contribution in [1.29, 1.82) is 0 Å². The van der Waals surface area contributed by atoms with Crippen LogP contribution in [0.15, 0.2) is 4.99 Å². The minimum atomic E-state index is -2.00. The Morgan fingerprint density at radius 2 is 1.57 bits per heavy atom. The first-order valence-electron chi connectivity index (χ1n) is 7.23. The molecule has 0 aromatic rings. The Morgan fingerprint density at radius 1 is 1.10 bits per heavy atom. The Bertz CT molecular complexity index is 366. The van der Waals surface area contributed by atoms with Crippen LogP contribution >= 0.6 is 0 Å². The van der Waals surface area contributed by atoms with Crippen LogP contribution in [0.3, 0.4) is 0 Å². The molecule has 6 heteroatoms. The smallest absolute Gasteiger partial charge is 0.235 e. The van der Waals surface area contributed by atoms with E-state index in [0.29, 0.717) is 6.42 Å². The quantitative estimate of drug-likeness (QED) is 0.297. The molecule has 124 valence electrons. The first-order chi connectivity index (χ1) is 9.41. The Hall–Kier alpha value is -0.523. The molecule has 0 bridgehead atoms. The van der Waals surface area contributed by atoms with Crippen molar-refractivity contribution in [2.75, 3.05) is 14.2 Å². The van der Waals surface area contributed by atoms with Crippen molar-refractivity contribution in [1.82, 2.24) is 0 Å². The summed E-state index contributed by atoms with van der Waals surface area (Å²) in [4.78, 5) is 14.6. The van der Waals surface area contributed by atoms with Gasteiger partial charge in [0.1, 0.15) is 0 Å². The van der Waals surface area contributed by atoms with Gasteiger partial charge in [-0.25, -0.2) is 4.79 Å². The molecule has 0 radical (unpaired) electrons. The summed E-state index contributed by atoms with van der Waals surface area (Å²) in [5, 5.41) is 0.0713. The van der Waals surface area contributed by atoms with Gasteiger partial charge in [0.05, 0.1) is 11.6 Å². The molecule has 0 fully saturated rings. The Labute approximate surface area is 130 Å². The Balaban J connectivity index is 5.38. The highest BCUT2D eigenvalue weighted by molar-refractivity contribution is 6.74. The average molecular weight is 318 g/mol. The summed E-state index contributed by atoms with van der Waals surface area (Å²) in [6, 6.07) is 0. The summed E-state index contributed by atoms with van der Waals surface area (Å²) in [6.45, 7) is 14.6. The third-order valence-electron chi connectivity index (χ3n) is 4.30. The predicted molar refractivity (Wildman–Crippen MR) is 86.7 cm³/mol. The number of hydrogen-bond donors (Lipinski definition) is 0. The lowest BCUT2D eigenvalue weighted by Crippen LogP contribution is -2.50. The second-order valence-electron chi connectivity index (χ2n) is 7.36. The molecular weight excluding hydrogens is 286 g/mol. The monoisotopic (exact) mass is 317 g/mol. The maximum absolute atomic E-state index is 10.7. The van der Waals surface area contributed by atoms with Gasteiger partial charge in [0.2, 0.25) is 6.08 Å². The summed E-state index contributed by atoms with van der Waals surface area (Å²) in [6.07, 6.45) is 1.50. The minimum Gasteiger partial charge on any atom is -0.411 e. The van der Waals surface area contributed by atoms with Gasteiger partial charge in [-0.1, -0.05) is 20.8 Å². The molecule has 0 aliphatic heterocycles. The number of hydrogen-bond acceptors (Lipinski definition) is 5. The van der Waals surface area contributed by atoms with Gasteiger partial charge in [-0.05, 0) is 32.0 Å². The number of carbonyl (C=O) groups excluding carboxylic acids is 1. The van der Waals surface area contributed by atoms with Crippen LogP contribution in [-0.4, -0.2) is 46.5 Å². The molecule has 0 aromatic carbocycles. The molecule has 0 unspecified atom stereocenters. The van der Waals surface area contributed by atoms with Crippen molar-refractivity contribution in [3.8, 4) is 0 Å². The lowest BCUT2D eigenvalue weighted by Gasteiger charge is -2.43. The summed E-state index contributed by atoms with van der Waals surface area (Å²) in [5.74, 6) is 0. The summed E-state index contributed by atoms with van der Waals surface area (Å²) < 4.78 is 17.0. The van der Waals surface area contributed by atoms with Crippen molar-refractivity contribution in [3.05, 3.63) is 0 Å². The largest absolute Gasteiger partial charge is 0.411 e. The molecule has 0 aromatic heterocycles. The van der Waals surface area contributed by atoms with Gasteiger partial charge in [-0.15, -0.1) is 0 Å². The zero-order valence-electron chi connectivity index (χ0n) is 14.9. The van der Waals surface area contributed by atoms with E-state index in [0.717, 1.165) is 0 Å². The number of ether oxygens (including phenoxy) is 2. The van der Waals surface area contributed by atoms with Crippen molar-refractivity contribution in [3.63, 3.8) is 0 Å². The number of methoxy groups -OCH3 is 2. The third kappa shape index (κ3) is 6.00. The Kier molecular flexibility index (Phi) is 7.46. The second kappa shape index (κ2) is 7.65. The van der Waals surface area contributed by atoms with Crippen LogP contribution in [0.1, 0.15) is 41.0 Å². The number of nitrogens with zero attached hydrogens (tertiary/aromatic N) is 1. The van der Waals surface area contributed by atoms with Crippen molar-refractivity contribution < 1.29 is 18.7 Å². The van der Waals surface area contributed by atoms with Crippen LogP contribution in [0.4, 0.5) is 0 Å². The maximum Gasteiger partial charge on any atom is 0.235 e. The molecule has 1 atom stereocenters. The van der Waals surface area contributed by atoms with Crippen LogP contribution in [0.5, 0.6) is 0 Å². The Morgan fingerprint density at radius 3 is 1.90 bits per heavy atom. The van der Waals surface area contributed by atoms with E-state index in [1.807, 2.05) is 13.8 Å². The highest BCUT2D eigenvalue weighted by Gasteiger charge is 2.43. The van der Waals surface area contributed by atoms with E-state index in [-0.39, 0.29) is 17.4 Å². The van der Waals surface area contributed by atoms with Crippen molar-refractivity contribution >= 4 is 14.4 Å². The van der Waals surface area contributed by atoms with Crippen LogP contribution in [0, 0.1) is 0 Å². The highest BCUT2D eigenvalue weighted by atomic mass is 28.4. The SMILES string of the molecule is COC(C[C@H](O[Si](C)(C)C(C)(C)C)C(C)(C)N=C=O)OC. The van der Waals surface area contributed by atoms with E-state index in [1.165, 1.54) is 0 Å². The van der Waals surface area contributed by atoms with Gasteiger partial charge in [0.15, 0.2) is 14.6 Å². The average Bonchev–Trinajstić information content (AvgIpc) is 2.32. The molecular formula is C15H31NO4Si. The number of aliphatic imine (C=N–C) groups is 1. The lowest BCUT2D eigenvalue weighted by atomic mass is 9.95. The van der Waals surface area contributed by atoms with Gasteiger partial charge in [0, 0.05) is 20.6 Å². The molecule has 0 saturated heterocycles. The van der Waals surface area contributed by atoms with Gasteiger partial charge < -0.3 is 13.9 Å². The molecule has 0 rings (SSSR count). The van der Waals surface area contributed by atoms with E-state index in [1.54, 1.807) is 20.3 Å². The lowest BCUT2D eigenvalue weighted by molar-refractivity contribution is -0.126. The van der Waals surface area contributed by atoms with E-state index >= 15 is 0 Å². The van der Waals surface area contributed by atoms with Gasteiger partial charge in [-0.2, -0.15) is 4.99 Å². The van der Waals surface area contributed by atoms with E-state index in [2.05, 4.69) is 38.9 Å². The van der Waals surface area contributed by atoms with Gasteiger partial charge >= 0.3 is 0 Å². The highest BCUT2D eigenvalue weighted by Crippen LogP contribution is 2.39. The topological polar surface area (TPSA) is 57.1 Å². The van der Waals surface area contributed by atoms with Crippen LogP contribution < -0.4 is 0 Å². The second-order valence-corrected chi connectivity index (χ2v) is 12.1. The zero-order valence-corrected chi connectivity index (χ0v) is 15.9. The van der Waals surface area contributed by atoms with Crippen molar-refractivity contribution in [2.45, 2.75) is 77.1 Å². The predicted octanol–water partition coefficient (Wildman–Crippen LogP) is 3.50. The van der Waals surface area contributed by atoms with E-state index in [4.69, 9.17) is 13.9 Å².